The Kier molecular flexibility index (Phi) is 6.18. The van der Waals surface area contributed by atoms with Crippen LogP contribution in [0.3, 0.4) is 0 Å². The van der Waals surface area contributed by atoms with Crippen LogP contribution in [0.5, 0.6) is 5.75 Å². The first-order chi connectivity index (χ1) is 9.90. The second kappa shape index (κ2) is 7.64. The van der Waals surface area contributed by atoms with Crippen molar-refractivity contribution >= 4 is 21.4 Å². The average molecular weight is 310 g/mol. The average Bonchev–Trinajstić information content (AvgIpc) is 2.46. The fraction of sp³-hybridized carbons (Fsp3) is 0.429. The van der Waals surface area contributed by atoms with Gasteiger partial charge in [0.25, 0.3) is 0 Å². The largest absolute Gasteiger partial charge is 0.494 e. The van der Waals surface area contributed by atoms with E-state index in [4.69, 9.17) is 10.00 Å². The molecule has 0 aliphatic carbocycles. The molecule has 1 atom stereocenters. The monoisotopic (exact) mass is 310 g/mol. The predicted molar refractivity (Wildman–Crippen MR) is 79.7 cm³/mol. The highest BCUT2D eigenvalue weighted by atomic mass is 32.2. The minimum atomic E-state index is -3.62. The van der Waals surface area contributed by atoms with E-state index in [-0.39, 0.29) is 12.2 Å². The first-order valence-corrected chi connectivity index (χ1v) is 8.24. The Morgan fingerprint density at radius 2 is 2.00 bits per heavy atom. The second-order valence-electron chi connectivity index (χ2n) is 4.36. The van der Waals surface area contributed by atoms with E-state index in [2.05, 4.69) is 5.32 Å². The van der Waals surface area contributed by atoms with Gasteiger partial charge in [-0.2, -0.15) is 5.26 Å². The predicted octanol–water partition coefficient (Wildman–Crippen LogP) is 1.74. The van der Waals surface area contributed by atoms with Crippen LogP contribution in [0, 0.1) is 11.3 Å². The number of benzene rings is 1. The summed E-state index contributed by atoms with van der Waals surface area (Å²) in [6.45, 7) is 3.72. The summed E-state index contributed by atoms with van der Waals surface area (Å²) in [5.74, 6) is -0.260. The van der Waals surface area contributed by atoms with Crippen molar-refractivity contribution in [1.82, 2.24) is 0 Å². The number of hydrogen-bond acceptors (Lipinski definition) is 5. The maximum atomic E-state index is 11.9. The van der Waals surface area contributed by atoms with E-state index in [1.807, 2.05) is 6.92 Å². The molecule has 1 N–H and O–H groups in total. The van der Waals surface area contributed by atoms with E-state index in [1.165, 1.54) is 6.92 Å². The fourth-order valence-electron chi connectivity index (χ4n) is 1.57. The number of carbonyl (C=O) groups excluding carboxylic acids is 1. The Labute approximate surface area is 124 Å². The molecule has 1 aromatic rings. The summed E-state index contributed by atoms with van der Waals surface area (Å²) in [5, 5.41) is 9.77. The summed E-state index contributed by atoms with van der Waals surface area (Å²) in [4.78, 5) is 11.9. The molecule has 1 unspecified atom stereocenters. The maximum Gasteiger partial charge on any atom is 0.242 e. The molecule has 0 aliphatic rings. The molecule has 114 valence electrons. The summed E-state index contributed by atoms with van der Waals surface area (Å²) < 4.78 is 28.9. The fourth-order valence-corrected chi connectivity index (χ4v) is 2.69. The summed E-state index contributed by atoms with van der Waals surface area (Å²) in [6, 6.07) is 8.41. The van der Waals surface area contributed by atoms with Crippen LogP contribution in [-0.4, -0.2) is 31.9 Å². The first-order valence-electron chi connectivity index (χ1n) is 6.53. The van der Waals surface area contributed by atoms with Gasteiger partial charge in [0, 0.05) is 12.1 Å². The van der Waals surface area contributed by atoms with E-state index in [0.29, 0.717) is 18.0 Å². The SMILES string of the molecule is CCOc1ccc(NC(=O)C(C)S(=O)(=O)CCC#N)cc1. The topological polar surface area (TPSA) is 96.3 Å². The molecule has 6 nitrogen and oxygen atoms in total. The van der Waals surface area contributed by atoms with Crippen LogP contribution in [-0.2, 0) is 14.6 Å². The smallest absolute Gasteiger partial charge is 0.242 e. The summed E-state index contributed by atoms with van der Waals surface area (Å²) in [7, 11) is -3.62. The lowest BCUT2D eigenvalue weighted by Gasteiger charge is -2.12. The number of nitrogens with one attached hydrogen (secondary N) is 1. The van der Waals surface area contributed by atoms with Crippen LogP contribution in [0.1, 0.15) is 20.3 Å². The Balaban J connectivity index is 2.70. The molecule has 1 aromatic carbocycles. The second-order valence-corrected chi connectivity index (χ2v) is 6.81. The number of sulfone groups is 1. The van der Waals surface area contributed by atoms with Gasteiger partial charge in [-0.1, -0.05) is 0 Å². The van der Waals surface area contributed by atoms with Crippen molar-refractivity contribution in [2.45, 2.75) is 25.5 Å². The highest BCUT2D eigenvalue weighted by Gasteiger charge is 2.27. The molecule has 0 bridgehead atoms. The summed E-state index contributed by atoms with van der Waals surface area (Å²) >= 11 is 0. The molecular weight excluding hydrogens is 292 g/mol. The lowest BCUT2D eigenvalue weighted by Crippen LogP contribution is -2.34. The van der Waals surface area contributed by atoms with Crippen molar-refractivity contribution < 1.29 is 17.9 Å². The number of amides is 1. The first kappa shape index (κ1) is 17.0. The molecule has 0 aromatic heterocycles. The standard InChI is InChI=1S/C14H18N2O4S/c1-3-20-13-7-5-12(6-8-13)16-14(17)11(2)21(18,19)10-4-9-15/h5-8,11H,3-4,10H2,1-2H3,(H,16,17). The number of hydrogen-bond donors (Lipinski definition) is 1. The van der Waals surface area contributed by atoms with Gasteiger partial charge in [0.1, 0.15) is 11.0 Å². The molecule has 0 fully saturated rings. The molecule has 0 radical (unpaired) electrons. The van der Waals surface area contributed by atoms with Crippen LogP contribution in [0.15, 0.2) is 24.3 Å². The van der Waals surface area contributed by atoms with Gasteiger partial charge in [0.2, 0.25) is 5.91 Å². The Morgan fingerprint density at radius 3 is 2.52 bits per heavy atom. The molecule has 0 saturated heterocycles. The van der Waals surface area contributed by atoms with Gasteiger partial charge < -0.3 is 10.1 Å². The molecular formula is C14H18N2O4S. The summed E-state index contributed by atoms with van der Waals surface area (Å²) in [5.41, 5.74) is 0.491. The number of ether oxygens (including phenoxy) is 1. The van der Waals surface area contributed by atoms with Crippen molar-refractivity contribution in [1.29, 1.82) is 5.26 Å². The van der Waals surface area contributed by atoms with Gasteiger partial charge in [-0.25, -0.2) is 8.42 Å². The Morgan fingerprint density at radius 1 is 1.38 bits per heavy atom. The van der Waals surface area contributed by atoms with Crippen molar-refractivity contribution in [3.05, 3.63) is 24.3 Å². The Bertz CT molecular complexity index is 617. The van der Waals surface area contributed by atoms with Crippen molar-refractivity contribution in [3.63, 3.8) is 0 Å². The van der Waals surface area contributed by atoms with E-state index >= 15 is 0 Å². The minimum Gasteiger partial charge on any atom is -0.494 e. The molecule has 0 spiro atoms. The van der Waals surface area contributed by atoms with E-state index < -0.39 is 21.0 Å². The lowest BCUT2D eigenvalue weighted by atomic mass is 10.3. The molecule has 1 rings (SSSR count). The van der Waals surface area contributed by atoms with Crippen molar-refractivity contribution in [2.24, 2.45) is 0 Å². The molecule has 0 heterocycles. The van der Waals surface area contributed by atoms with Gasteiger partial charge in [-0.05, 0) is 38.1 Å². The van der Waals surface area contributed by atoms with E-state index in [0.717, 1.165) is 0 Å². The van der Waals surface area contributed by atoms with Crippen LogP contribution in [0.4, 0.5) is 5.69 Å². The van der Waals surface area contributed by atoms with Crippen LogP contribution >= 0.6 is 0 Å². The zero-order valence-electron chi connectivity index (χ0n) is 12.0. The van der Waals surface area contributed by atoms with Gasteiger partial charge in [0.15, 0.2) is 9.84 Å². The molecule has 1 amide bonds. The molecule has 0 aliphatic heterocycles. The van der Waals surface area contributed by atoms with Crippen molar-refractivity contribution in [3.8, 4) is 11.8 Å². The van der Waals surface area contributed by atoms with Crippen molar-refractivity contribution in [2.75, 3.05) is 17.7 Å². The number of carbonyl (C=O) groups is 1. The molecule has 7 heteroatoms. The summed E-state index contributed by atoms with van der Waals surface area (Å²) in [6.07, 6.45) is -0.122. The third-order valence-corrected chi connectivity index (χ3v) is 4.90. The van der Waals surface area contributed by atoms with Crippen LogP contribution in [0.2, 0.25) is 0 Å². The third-order valence-electron chi connectivity index (χ3n) is 2.84. The molecule has 0 saturated carbocycles. The number of anilines is 1. The quantitative estimate of drug-likeness (QED) is 0.827. The third kappa shape index (κ3) is 5.08. The number of rotatable bonds is 7. The number of nitriles is 1. The maximum absolute atomic E-state index is 11.9. The Hall–Kier alpha value is -2.07. The number of nitrogens with zero attached hydrogens (tertiary/aromatic N) is 1. The zero-order chi connectivity index (χ0) is 15.9. The van der Waals surface area contributed by atoms with Crippen LogP contribution in [0.25, 0.3) is 0 Å². The highest BCUT2D eigenvalue weighted by Crippen LogP contribution is 2.16. The van der Waals surface area contributed by atoms with Crippen LogP contribution < -0.4 is 10.1 Å². The van der Waals surface area contributed by atoms with Gasteiger partial charge in [0.05, 0.1) is 18.4 Å². The van der Waals surface area contributed by atoms with E-state index in [9.17, 15) is 13.2 Å². The van der Waals surface area contributed by atoms with E-state index in [1.54, 1.807) is 30.3 Å². The zero-order valence-corrected chi connectivity index (χ0v) is 12.8. The van der Waals surface area contributed by atoms with Gasteiger partial charge >= 0.3 is 0 Å². The normalized spacial score (nSPS) is 12.2. The van der Waals surface area contributed by atoms with Gasteiger partial charge in [-0.3, -0.25) is 4.79 Å². The van der Waals surface area contributed by atoms with Gasteiger partial charge in [-0.15, -0.1) is 0 Å². The highest BCUT2D eigenvalue weighted by molar-refractivity contribution is 7.92. The minimum absolute atomic E-state index is 0.122. The lowest BCUT2D eigenvalue weighted by molar-refractivity contribution is -0.115. The molecule has 21 heavy (non-hydrogen) atoms.